The van der Waals surface area contributed by atoms with Gasteiger partial charge in [0, 0.05) is 24.5 Å². The summed E-state index contributed by atoms with van der Waals surface area (Å²) in [6.07, 6.45) is 2.18. The molecule has 1 heterocycles. The molecule has 3 N–H and O–H groups in total. The fraction of sp³-hybridized carbons (Fsp3) is 0.250. The molecule has 3 heteroatoms. The highest BCUT2D eigenvalue weighted by Crippen LogP contribution is 2.32. The maximum atomic E-state index is 9.54. The first-order valence-corrected chi connectivity index (χ1v) is 6.64. The number of phenols is 1. The first-order valence-electron chi connectivity index (χ1n) is 6.64. The number of benzene rings is 2. The topological polar surface area (TPSA) is 49.5 Å². The number of rotatable bonds is 2. The molecule has 0 unspecified atom stereocenters. The van der Waals surface area contributed by atoms with Gasteiger partial charge in [0.15, 0.2) is 0 Å². The molecule has 2 aromatic carbocycles. The first kappa shape index (κ1) is 11.9. The molecule has 0 bridgehead atoms. The lowest BCUT2D eigenvalue weighted by atomic mass is 9.99. The summed E-state index contributed by atoms with van der Waals surface area (Å²) in [5.74, 6) is 0.322. The summed E-state index contributed by atoms with van der Waals surface area (Å²) in [6.45, 7) is 1.84. The van der Waals surface area contributed by atoms with Crippen molar-refractivity contribution in [3.05, 3.63) is 53.6 Å². The zero-order valence-corrected chi connectivity index (χ0v) is 10.8. The summed E-state index contributed by atoms with van der Waals surface area (Å²) in [6, 6.07) is 13.6. The second-order valence-electron chi connectivity index (χ2n) is 5.04. The Labute approximate surface area is 113 Å². The van der Waals surface area contributed by atoms with Crippen molar-refractivity contribution in [3.63, 3.8) is 0 Å². The second-order valence-corrected chi connectivity index (χ2v) is 5.04. The molecule has 0 fully saturated rings. The number of phenolic OH excluding ortho intramolecular Hbond substituents is 1. The van der Waals surface area contributed by atoms with Crippen LogP contribution < -0.4 is 10.6 Å². The Kier molecular flexibility index (Phi) is 3.03. The average molecular weight is 254 g/mol. The Bertz CT molecular complexity index is 595. The lowest BCUT2D eigenvalue weighted by molar-refractivity contribution is 0.474. The number of hydrogen-bond acceptors (Lipinski definition) is 3. The molecule has 98 valence electrons. The highest BCUT2D eigenvalue weighted by molar-refractivity contribution is 5.66. The molecular formula is C16H18N2O. The van der Waals surface area contributed by atoms with Gasteiger partial charge in [-0.25, -0.2) is 0 Å². The van der Waals surface area contributed by atoms with Gasteiger partial charge in [-0.3, -0.25) is 0 Å². The number of anilines is 2. The van der Waals surface area contributed by atoms with Crippen LogP contribution in [0, 0.1) is 0 Å². The lowest BCUT2D eigenvalue weighted by Crippen LogP contribution is -2.29. The molecule has 0 atom stereocenters. The van der Waals surface area contributed by atoms with Crippen molar-refractivity contribution in [1.29, 1.82) is 0 Å². The molecule has 19 heavy (non-hydrogen) atoms. The van der Waals surface area contributed by atoms with Crippen LogP contribution in [0.25, 0.3) is 0 Å². The number of fused-ring (bicyclic) bond motifs is 1. The molecule has 0 amide bonds. The third-order valence-electron chi connectivity index (χ3n) is 3.67. The van der Waals surface area contributed by atoms with E-state index < -0.39 is 0 Å². The molecule has 1 aliphatic rings. The molecule has 0 aromatic heterocycles. The van der Waals surface area contributed by atoms with E-state index in [1.807, 2.05) is 30.3 Å². The highest BCUT2D eigenvalue weighted by atomic mass is 16.3. The van der Waals surface area contributed by atoms with Crippen molar-refractivity contribution in [3.8, 4) is 5.75 Å². The number of nitrogens with zero attached hydrogens (tertiary/aromatic N) is 1. The van der Waals surface area contributed by atoms with Crippen LogP contribution in [0.5, 0.6) is 5.75 Å². The van der Waals surface area contributed by atoms with E-state index in [0.29, 0.717) is 5.75 Å². The molecule has 0 saturated heterocycles. The van der Waals surface area contributed by atoms with Gasteiger partial charge in [0.25, 0.3) is 0 Å². The molecule has 0 radical (unpaired) electrons. The summed E-state index contributed by atoms with van der Waals surface area (Å²) in [7, 11) is 0. The Balaban J connectivity index is 1.90. The Morgan fingerprint density at radius 1 is 1.16 bits per heavy atom. The van der Waals surface area contributed by atoms with Crippen LogP contribution in [0.2, 0.25) is 0 Å². The highest BCUT2D eigenvalue weighted by Gasteiger charge is 2.18. The minimum absolute atomic E-state index is 0.322. The molecule has 0 aliphatic carbocycles. The van der Waals surface area contributed by atoms with Crippen molar-refractivity contribution in [2.24, 2.45) is 0 Å². The zero-order valence-electron chi connectivity index (χ0n) is 10.8. The quantitative estimate of drug-likeness (QED) is 0.810. The molecular weight excluding hydrogens is 236 g/mol. The van der Waals surface area contributed by atoms with Gasteiger partial charge in [0.1, 0.15) is 5.75 Å². The van der Waals surface area contributed by atoms with E-state index in [1.165, 1.54) is 11.3 Å². The largest absolute Gasteiger partial charge is 0.508 e. The first-order chi connectivity index (χ1) is 9.24. The van der Waals surface area contributed by atoms with Gasteiger partial charge in [-0.05, 0) is 48.2 Å². The van der Waals surface area contributed by atoms with Gasteiger partial charge in [0.2, 0.25) is 0 Å². The van der Waals surface area contributed by atoms with Gasteiger partial charge in [-0.2, -0.15) is 0 Å². The predicted molar refractivity (Wildman–Crippen MR) is 78.3 cm³/mol. The third-order valence-corrected chi connectivity index (χ3v) is 3.67. The van der Waals surface area contributed by atoms with Crippen LogP contribution in [-0.4, -0.2) is 11.7 Å². The fourth-order valence-electron chi connectivity index (χ4n) is 2.77. The summed E-state index contributed by atoms with van der Waals surface area (Å²) >= 11 is 0. The Hall–Kier alpha value is -2.16. The van der Waals surface area contributed by atoms with Crippen molar-refractivity contribution in [2.45, 2.75) is 19.4 Å². The molecule has 1 aliphatic heterocycles. The van der Waals surface area contributed by atoms with E-state index in [4.69, 9.17) is 5.73 Å². The molecule has 2 aromatic rings. The van der Waals surface area contributed by atoms with Crippen LogP contribution in [0.1, 0.15) is 17.5 Å². The normalized spacial score (nSPS) is 14.2. The van der Waals surface area contributed by atoms with Crippen molar-refractivity contribution in [2.75, 3.05) is 17.2 Å². The summed E-state index contributed by atoms with van der Waals surface area (Å²) < 4.78 is 0. The van der Waals surface area contributed by atoms with E-state index in [2.05, 4.69) is 11.0 Å². The fourth-order valence-corrected chi connectivity index (χ4v) is 2.77. The maximum absolute atomic E-state index is 9.54. The van der Waals surface area contributed by atoms with Gasteiger partial charge < -0.3 is 15.7 Å². The summed E-state index contributed by atoms with van der Waals surface area (Å²) in [5, 5.41) is 9.54. The maximum Gasteiger partial charge on any atom is 0.115 e. The molecule has 0 saturated carbocycles. The number of nitrogen functional groups attached to an aromatic ring is 1. The van der Waals surface area contributed by atoms with E-state index in [1.54, 1.807) is 6.07 Å². The Morgan fingerprint density at radius 2 is 2.00 bits per heavy atom. The molecule has 0 spiro atoms. The average Bonchev–Trinajstić information content (AvgIpc) is 2.40. The van der Waals surface area contributed by atoms with E-state index >= 15 is 0 Å². The van der Waals surface area contributed by atoms with Crippen molar-refractivity contribution >= 4 is 11.4 Å². The van der Waals surface area contributed by atoms with Gasteiger partial charge >= 0.3 is 0 Å². The second kappa shape index (κ2) is 4.84. The van der Waals surface area contributed by atoms with Crippen LogP contribution in [-0.2, 0) is 13.0 Å². The molecule has 3 nitrogen and oxygen atoms in total. The van der Waals surface area contributed by atoms with Crippen molar-refractivity contribution < 1.29 is 5.11 Å². The van der Waals surface area contributed by atoms with Gasteiger partial charge in [0.05, 0.1) is 0 Å². The smallest absolute Gasteiger partial charge is 0.115 e. The molecule has 3 rings (SSSR count). The third kappa shape index (κ3) is 2.36. The SMILES string of the molecule is Nc1cccc2c1CCCN2Cc1cccc(O)c1. The van der Waals surface area contributed by atoms with Crippen LogP contribution in [0.3, 0.4) is 0 Å². The minimum atomic E-state index is 0.322. The van der Waals surface area contributed by atoms with Crippen molar-refractivity contribution in [1.82, 2.24) is 0 Å². The zero-order chi connectivity index (χ0) is 13.2. The van der Waals surface area contributed by atoms with E-state index in [-0.39, 0.29) is 0 Å². The number of nitrogens with two attached hydrogens (primary N) is 1. The predicted octanol–water partition coefficient (Wildman–Crippen LogP) is 2.93. The number of aromatic hydroxyl groups is 1. The minimum Gasteiger partial charge on any atom is -0.508 e. The van der Waals surface area contributed by atoms with Gasteiger partial charge in [-0.15, -0.1) is 0 Å². The van der Waals surface area contributed by atoms with Crippen LogP contribution in [0.4, 0.5) is 11.4 Å². The lowest BCUT2D eigenvalue weighted by Gasteiger charge is -2.32. The van der Waals surface area contributed by atoms with Crippen LogP contribution >= 0.6 is 0 Å². The summed E-state index contributed by atoms with van der Waals surface area (Å²) in [4.78, 5) is 2.34. The monoisotopic (exact) mass is 254 g/mol. The van der Waals surface area contributed by atoms with E-state index in [0.717, 1.165) is 37.2 Å². The standard InChI is InChI=1S/C16H18N2O/c17-15-7-2-8-16-14(15)6-3-9-18(16)11-12-4-1-5-13(19)10-12/h1-2,4-5,7-8,10,19H,3,6,9,11,17H2. The number of hydrogen-bond donors (Lipinski definition) is 2. The van der Waals surface area contributed by atoms with E-state index in [9.17, 15) is 5.11 Å². The Morgan fingerprint density at radius 3 is 2.84 bits per heavy atom. The van der Waals surface area contributed by atoms with Crippen LogP contribution in [0.15, 0.2) is 42.5 Å². The van der Waals surface area contributed by atoms with Gasteiger partial charge in [-0.1, -0.05) is 18.2 Å². The summed E-state index contributed by atoms with van der Waals surface area (Å²) in [5.41, 5.74) is 10.6.